The minimum atomic E-state index is 0.710. The smallest absolute Gasteiger partial charge is 0.146 e. The van der Waals surface area contributed by atoms with Crippen molar-refractivity contribution >= 4 is 11.8 Å². The fourth-order valence-electron chi connectivity index (χ4n) is 1.58. The lowest BCUT2D eigenvalue weighted by Crippen LogP contribution is -2.00. The molecule has 0 aliphatic heterocycles. The van der Waals surface area contributed by atoms with Crippen LogP contribution in [-0.2, 0) is 5.75 Å². The van der Waals surface area contributed by atoms with Crippen LogP contribution in [0.5, 0.6) is 5.75 Å². The number of rotatable bonds is 6. The molecule has 0 saturated heterocycles. The predicted octanol–water partition coefficient (Wildman–Crippen LogP) is 3.60. The molecule has 1 heterocycles. The Morgan fingerprint density at radius 1 is 1.28 bits per heavy atom. The molecule has 0 aliphatic carbocycles. The van der Waals surface area contributed by atoms with Gasteiger partial charge in [-0.05, 0) is 31.5 Å². The monoisotopic (exact) mass is 263 g/mol. The Labute approximate surface area is 112 Å². The molecule has 4 heteroatoms. The second-order valence-corrected chi connectivity index (χ2v) is 5.26. The van der Waals surface area contributed by atoms with E-state index in [0.29, 0.717) is 6.61 Å². The first-order chi connectivity index (χ1) is 8.74. The van der Waals surface area contributed by atoms with Gasteiger partial charge in [0.15, 0.2) is 0 Å². The van der Waals surface area contributed by atoms with Gasteiger partial charge in [0, 0.05) is 11.8 Å². The van der Waals surface area contributed by atoms with Crippen LogP contribution in [0.2, 0.25) is 0 Å². The van der Waals surface area contributed by atoms with Crippen molar-refractivity contribution < 1.29 is 9.26 Å². The van der Waals surface area contributed by atoms with Gasteiger partial charge >= 0.3 is 0 Å². The van der Waals surface area contributed by atoms with Crippen LogP contribution in [0.4, 0.5) is 0 Å². The summed E-state index contributed by atoms with van der Waals surface area (Å²) in [7, 11) is 0. The van der Waals surface area contributed by atoms with E-state index in [-0.39, 0.29) is 0 Å². The van der Waals surface area contributed by atoms with Crippen LogP contribution in [-0.4, -0.2) is 17.5 Å². The highest BCUT2D eigenvalue weighted by atomic mass is 32.2. The lowest BCUT2D eigenvalue weighted by atomic mass is 10.2. The van der Waals surface area contributed by atoms with E-state index in [1.165, 1.54) is 5.56 Å². The van der Waals surface area contributed by atoms with Crippen LogP contribution < -0.4 is 4.74 Å². The Hall–Kier alpha value is -1.42. The van der Waals surface area contributed by atoms with Gasteiger partial charge in [0.1, 0.15) is 11.5 Å². The van der Waals surface area contributed by atoms with Gasteiger partial charge in [-0.15, -0.1) is 0 Å². The Kier molecular flexibility index (Phi) is 4.70. The molecule has 0 saturated carbocycles. The lowest BCUT2D eigenvalue weighted by Gasteiger charge is -2.05. The third-order valence-electron chi connectivity index (χ3n) is 2.41. The number of aryl methyl sites for hydroxylation is 2. The summed E-state index contributed by atoms with van der Waals surface area (Å²) in [6.07, 6.45) is 0. The topological polar surface area (TPSA) is 35.3 Å². The van der Waals surface area contributed by atoms with E-state index in [4.69, 9.17) is 9.26 Å². The standard InChI is InChI=1S/C14H17NO2S/c1-11-4-3-5-13(8-11)16-6-7-18-10-14-9-12(2)15-17-14/h3-5,8-9H,6-7,10H2,1-2H3. The van der Waals surface area contributed by atoms with E-state index < -0.39 is 0 Å². The summed E-state index contributed by atoms with van der Waals surface area (Å²) in [4.78, 5) is 0. The second kappa shape index (κ2) is 6.50. The molecule has 0 fully saturated rings. The lowest BCUT2D eigenvalue weighted by molar-refractivity contribution is 0.343. The molecule has 2 rings (SSSR count). The fraction of sp³-hybridized carbons (Fsp3) is 0.357. The van der Waals surface area contributed by atoms with Crippen molar-refractivity contribution in [2.75, 3.05) is 12.4 Å². The van der Waals surface area contributed by atoms with Crippen molar-refractivity contribution in [1.82, 2.24) is 5.16 Å². The van der Waals surface area contributed by atoms with Crippen molar-refractivity contribution in [2.24, 2.45) is 0 Å². The van der Waals surface area contributed by atoms with Crippen LogP contribution in [0.15, 0.2) is 34.9 Å². The third kappa shape index (κ3) is 4.11. The summed E-state index contributed by atoms with van der Waals surface area (Å²) in [6.45, 7) is 4.70. The van der Waals surface area contributed by atoms with Crippen molar-refractivity contribution in [3.63, 3.8) is 0 Å². The van der Waals surface area contributed by atoms with Crippen LogP contribution >= 0.6 is 11.8 Å². The number of hydrogen-bond acceptors (Lipinski definition) is 4. The van der Waals surface area contributed by atoms with Gasteiger partial charge in [0.2, 0.25) is 0 Å². The maximum Gasteiger partial charge on any atom is 0.146 e. The summed E-state index contributed by atoms with van der Waals surface area (Å²) in [5, 5.41) is 3.85. The third-order valence-corrected chi connectivity index (χ3v) is 3.35. The molecule has 1 aromatic heterocycles. The SMILES string of the molecule is Cc1cccc(OCCSCc2cc(C)no2)c1. The summed E-state index contributed by atoms with van der Waals surface area (Å²) >= 11 is 1.78. The van der Waals surface area contributed by atoms with Crippen molar-refractivity contribution in [3.05, 3.63) is 47.3 Å². The molecule has 0 spiro atoms. The fourth-order valence-corrected chi connectivity index (χ4v) is 2.26. The summed E-state index contributed by atoms with van der Waals surface area (Å²) in [5.41, 5.74) is 2.15. The van der Waals surface area contributed by atoms with Crippen LogP contribution in [0, 0.1) is 13.8 Å². The van der Waals surface area contributed by atoms with Gasteiger partial charge in [0.25, 0.3) is 0 Å². The highest BCUT2D eigenvalue weighted by Crippen LogP contribution is 2.15. The van der Waals surface area contributed by atoms with Gasteiger partial charge in [-0.2, -0.15) is 11.8 Å². The zero-order chi connectivity index (χ0) is 12.8. The van der Waals surface area contributed by atoms with Crippen LogP contribution in [0.3, 0.4) is 0 Å². The van der Waals surface area contributed by atoms with Gasteiger partial charge in [-0.25, -0.2) is 0 Å². The molecule has 0 amide bonds. The summed E-state index contributed by atoms with van der Waals surface area (Å²) < 4.78 is 10.8. The maximum atomic E-state index is 5.66. The molecular formula is C14H17NO2S. The zero-order valence-electron chi connectivity index (χ0n) is 10.7. The van der Waals surface area contributed by atoms with Crippen molar-refractivity contribution in [3.8, 4) is 5.75 Å². The molecule has 18 heavy (non-hydrogen) atoms. The van der Waals surface area contributed by atoms with Crippen LogP contribution in [0.25, 0.3) is 0 Å². The normalized spacial score (nSPS) is 10.6. The van der Waals surface area contributed by atoms with Gasteiger partial charge in [-0.1, -0.05) is 17.3 Å². The molecule has 96 valence electrons. The first-order valence-electron chi connectivity index (χ1n) is 5.93. The number of nitrogens with zero attached hydrogens (tertiary/aromatic N) is 1. The van der Waals surface area contributed by atoms with E-state index in [9.17, 15) is 0 Å². The number of ether oxygens (including phenoxy) is 1. The molecule has 0 aliphatic rings. The Morgan fingerprint density at radius 3 is 2.89 bits per heavy atom. The molecule has 0 radical (unpaired) electrons. The first-order valence-corrected chi connectivity index (χ1v) is 7.09. The number of hydrogen-bond donors (Lipinski definition) is 0. The molecule has 2 aromatic rings. The minimum Gasteiger partial charge on any atom is -0.493 e. The highest BCUT2D eigenvalue weighted by molar-refractivity contribution is 7.98. The molecular weight excluding hydrogens is 246 g/mol. The Bertz CT molecular complexity index is 496. The van der Waals surface area contributed by atoms with Crippen molar-refractivity contribution in [2.45, 2.75) is 19.6 Å². The van der Waals surface area contributed by atoms with Gasteiger partial charge < -0.3 is 9.26 Å². The van der Waals surface area contributed by atoms with Crippen molar-refractivity contribution in [1.29, 1.82) is 0 Å². The largest absolute Gasteiger partial charge is 0.493 e. The van der Waals surface area contributed by atoms with Gasteiger partial charge in [-0.3, -0.25) is 0 Å². The van der Waals surface area contributed by atoms with E-state index in [1.54, 1.807) is 11.8 Å². The van der Waals surface area contributed by atoms with Crippen LogP contribution in [0.1, 0.15) is 17.0 Å². The zero-order valence-corrected chi connectivity index (χ0v) is 11.5. The summed E-state index contributed by atoms with van der Waals surface area (Å²) in [5.74, 6) is 3.64. The molecule has 3 nitrogen and oxygen atoms in total. The Balaban J connectivity index is 1.64. The highest BCUT2D eigenvalue weighted by Gasteiger charge is 2.00. The second-order valence-electron chi connectivity index (χ2n) is 4.15. The van der Waals surface area contributed by atoms with E-state index in [1.807, 2.05) is 31.2 Å². The average molecular weight is 263 g/mol. The number of thioether (sulfide) groups is 1. The van der Waals surface area contributed by atoms with E-state index in [2.05, 4.69) is 18.1 Å². The average Bonchev–Trinajstić information content (AvgIpc) is 2.75. The minimum absolute atomic E-state index is 0.710. The maximum absolute atomic E-state index is 5.66. The predicted molar refractivity (Wildman–Crippen MR) is 74.1 cm³/mol. The molecule has 0 N–H and O–H groups in total. The molecule has 0 atom stereocenters. The van der Waals surface area contributed by atoms with Gasteiger partial charge in [0.05, 0.1) is 18.1 Å². The summed E-state index contributed by atoms with van der Waals surface area (Å²) in [6, 6.07) is 10.1. The van der Waals surface area contributed by atoms with E-state index in [0.717, 1.165) is 28.7 Å². The number of aromatic nitrogens is 1. The first kappa shape index (κ1) is 13.0. The number of benzene rings is 1. The molecule has 0 unspecified atom stereocenters. The Morgan fingerprint density at radius 2 is 2.17 bits per heavy atom. The molecule has 0 bridgehead atoms. The van der Waals surface area contributed by atoms with E-state index >= 15 is 0 Å². The molecule has 1 aromatic carbocycles. The quantitative estimate of drug-likeness (QED) is 0.746.